The zero-order valence-corrected chi connectivity index (χ0v) is 18.5. The van der Waals surface area contributed by atoms with Gasteiger partial charge in [-0.2, -0.15) is 5.10 Å². The maximum atomic E-state index is 14.6. The lowest BCUT2D eigenvalue weighted by Crippen LogP contribution is -2.34. The molecule has 2 aromatic heterocycles. The molecule has 0 saturated carbocycles. The van der Waals surface area contributed by atoms with Crippen molar-refractivity contribution in [3.63, 3.8) is 0 Å². The summed E-state index contributed by atoms with van der Waals surface area (Å²) in [5, 5.41) is 6.67. The molecule has 4 aromatic rings. The third-order valence-electron chi connectivity index (χ3n) is 5.01. The summed E-state index contributed by atoms with van der Waals surface area (Å²) in [5.41, 5.74) is -0.815. The van der Waals surface area contributed by atoms with Gasteiger partial charge >= 0.3 is 0 Å². The van der Waals surface area contributed by atoms with Crippen LogP contribution in [0.25, 0.3) is 5.95 Å². The van der Waals surface area contributed by atoms with Gasteiger partial charge in [0.15, 0.2) is 0 Å². The van der Waals surface area contributed by atoms with E-state index in [1.54, 1.807) is 12.3 Å². The van der Waals surface area contributed by atoms with Gasteiger partial charge in [-0.1, -0.05) is 18.2 Å². The zero-order chi connectivity index (χ0) is 24.5. The Hall–Kier alpha value is -3.95. The van der Waals surface area contributed by atoms with Crippen LogP contribution in [0, 0.1) is 11.6 Å². The SMILES string of the molecule is CP(=O)(O)c1ccc([C@@H](NC(=O)c2cnc(-n3cccn3)[nH]c2=O)c2ccc(F)cc2F)cc1. The van der Waals surface area contributed by atoms with Gasteiger partial charge in [0.25, 0.3) is 11.5 Å². The molecule has 0 fully saturated rings. The zero-order valence-electron chi connectivity index (χ0n) is 17.6. The van der Waals surface area contributed by atoms with Crippen LogP contribution in [0.15, 0.2) is 71.9 Å². The highest BCUT2D eigenvalue weighted by Gasteiger charge is 2.24. The molecule has 1 amide bonds. The first kappa shape index (κ1) is 23.2. The number of nitrogens with zero attached hydrogens (tertiary/aromatic N) is 3. The van der Waals surface area contributed by atoms with Crippen LogP contribution < -0.4 is 16.2 Å². The van der Waals surface area contributed by atoms with Crippen LogP contribution in [-0.2, 0) is 4.57 Å². The van der Waals surface area contributed by atoms with Crippen LogP contribution in [0.1, 0.15) is 27.5 Å². The Kier molecular flexibility index (Phi) is 6.23. The molecule has 0 aliphatic carbocycles. The monoisotopic (exact) mass is 485 g/mol. The van der Waals surface area contributed by atoms with Crippen molar-refractivity contribution in [3.05, 3.63) is 106 Å². The van der Waals surface area contributed by atoms with Crippen LogP contribution >= 0.6 is 7.37 Å². The van der Waals surface area contributed by atoms with Gasteiger partial charge in [-0.05, 0) is 29.8 Å². The van der Waals surface area contributed by atoms with Gasteiger partial charge in [-0.25, -0.2) is 18.4 Å². The second-order valence-electron chi connectivity index (χ2n) is 7.44. The highest BCUT2D eigenvalue weighted by Crippen LogP contribution is 2.34. The van der Waals surface area contributed by atoms with Gasteiger partial charge in [0.1, 0.15) is 17.2 Å². The molecule has 174 valence electrons. The van der Waals surface area contributed by atoms with E-state index >= 15 is 0 Å². The van der Waals surface area contributed by atoms with E-state index in [4.69, 9.17) is 0 Å². The number of aromatic amines is 1. The Morgan fingerprint density at radius 2 is 1.94 bits per heavy atom. The number of rotatable bonds is 6. The van der Waals surface area contributed by atoms with E-state index < -0.39 is 36.5 Å². The highest BCUT2D eigenvalue weighted by molar-refractivity contribution is 7.65. The van der Waals surface area contributed by atoms with E-state index in [0.29, 0.717) is 11.6 Å². The van der Waals surface area contributed by atoms with Crippen molar-refractivity contribution in [3.8, 4) is 5.95 Å². The molecule has 0 saturated heterocycles. The minimum absolute atomic E-state index is 0.0660. The van der Waals surface area contributed by atoms with E-state index in [9.17, 15) is 27.8 Å². The fourth-order valence-electron chi connectivity index (χ4n) is 3.29. The third kappa shape index (κ3) is 4.85. The number of carbonyl (C=O) groups is 1. The number of nitrogens with one attached hydrogen (secondary N) is 2. The second-order valence-corrected chi connectivity index (χ2v) is 9.72. The summed E-state index contributed by atoms with van der Waals surface area (Å²) in [7, 11) is -3.54. The molecule has 12 heteroatoms. The molecular weight excluding hydrogens is 467 g/mol. The molecule has 0 aliphatic rings. The minimum Gasteiger partial charge on any atom is -0.341 e. The Balaban J connectivity index is 1.70. The summed E-state index contributed by atoms with van der Waals surface area (Å²) in [6, 6.07) is 9.01. The highest BCUT2D eigenvalue weighted by atomic mass is 31.2. The summed E-state index contributed by atoms with van der Waals surface area (Å²) in [5.74, 6) is -2.49. The summed E-state index contributed by atoms with van der Waals surface area (Å²) >= 11 is 0. The van der Waals surface area contributed by atoms with Crippen LogP contribution in [0.4, 0.5) is 8.78 Å². The molecule has 9 nitrogen and oxygen atoms in total. The third-order valence-corrected chi connectivity index (χ3v) is 6.26. The normalized spacial score (nSPS) is 13.8. The molecule has 0 aliphatic heterocycles. The average molecular weight is 485 g/mol. The summed E-state index contributed by atoms with van der Waals surface area (Å²) in [6.07, 6.45) is 4.10. The molecular formula is C22H18F2N5O4P. The van der Waals surface area contributed by atoms with Crippen LogP contribution in [0.2, 0.25) is 0 Å². The Morgan fingerprint density at radius 1 is 1.21 bits per heavy atom. The largest absolute Gasteiger partial charge is 0.341 e. The fraction of sp³-hybridized carbons (Fsp3) is 0.0909. The van der Waals surface area contributed by atoms with Crippen molar-refractivity contribution < 1.29 is 23.0 Å². The number of benzene rings is 2. The van der Waals surface area contributed by atoms with Gasteiger partial charge < -0.3 is 10.2 Å². The predicted octanol–water partition coefficient (Wildman–Crippen LogP) is 2.28. The summed E-state index contributed by atoms with van der Waals surface area (Å²) in [6.45, 7) is 1.17. The van der Waals surface area contributed by atoms with Crippen molar-refractivity contribution >= 4 is 18.6 Å². The molecule has 2 heterocycles. The molecule has 2 aromatic carbocycles. The lowest BCUT2D eigenvalue weighted by atomic mass is 9.97. The van der Waals surface area contributed by atoms with Crippen molar-refractivity contribution in [2.24, 2.45) is 0 Å². The van der Waals surface area contributed by atoms with Gasteiger partial charge in [0.2, 0.25) is 13.3 Å². The molecule has 0 spiro atoms. The lowest BCUT2D eigenvalue weighted by Gasteiger charge is -2.21. The van der Waals surface area contributed by atoms with E-state index in [1.165, 1.54) is 47.9 Å². The summed E-state index contributed by atoms with van der Waals surface area (Å²) in [4.78, 5) is 41.7. The molecule has 3 N–H and O–H groups in total. The number of aromatic nitrogens is 4. The maximum absolute atomic E-state index is 14.6. The topological polar surface area (TPSA) is 130 Å². The van der Waals surface area contributed by atoms with Gasteiger partial charge in [-0.3, -0.25) is 19.1 Å². The molecule has 0 bridgehead atoms. The number of hydrogen-bond acceptors (Lipinski definition) is 5. The lowest BCUT2D eigenvalue weighted by molar-refractivity contribution is 0.0940. The first-order chi connectivity index (χ1) is 16.1. The van der Waals surface area contributed by atoms with E-state index in [2.05, 4.69) is 20.4 Å². The Bertz CT molecular complexity index is 1450. The van der Waals surface area contributed by atoms with Gasteiger partial charge in [0.05, 0.1) is 6.04 Å². The predicted molar refractivity (Wildman–Crippen MR) is 119 cm³/mol. The number of amides is 1. The van der Waals surface area contributed by atoms with Crippen LogP contribution in [0.5, 0.6) is 0 Å². The van der Waals surface area contributed by atoms with E-state index in [0.717, 1.165) is 12.3 Å². The smallest absolute Gasteiger partial charge is 0.265 e. The first-order valence-corrected chi connectivity index (χ1v) is 12.0. The molecule has 4 rings (SSSR count). The number of carbonyl (C=O) groups excluding carboxylic acids is 1. The minimum atomic E-state index is -3.54. The van der Waals surface area contributed by atoms with E-state index in [1.807, 2.05) is 0 Å². The molecule has 34 heavy (non-hydrogen) atoms. The van der Waals surface area contributed by atoms with Crippen molar-refractivity contribution in [2.75, 3.05) is 6.66 Å². The van der Waals surface area contributed by atoms with Gasteiger partial charge in [0, 0.05) is 42.2 Å². The Labute approximate surface area is 191 Å². The quantitative estimate of drug-likeness (QED) is 0.360. The Morgan fingerprint density at radius 3 is 2.53 bits per heavy atom. The second kappa shape index (κ2) is 9.12. The van der Waals surface area contributed by atoms with Crippen molar-refractivity contribution in [2.45, 2.75) is 6.04 Å². The molecule has 1 unspecified atom stereocenters. The summed E-state index contributed by atoms with van der Waals surface area (Å²) < 4.78 is 41.3. The van der Waals surface area contributed by atoms with Crippen molar-refractivity contribution in [1.82, 2.24) is 25.1 Å². The average Bonchev–Trinajstić information content (AvgIpc) is 3.32. The molecule has 2 atom stereocenters. The number of H-pyrrole nitrogens is 1. The van der Waals surface area contributed by atoms with Crippen molar-refractivity contribution in [1.29, 1.82) is 0 Å². The van der Waals surface area contributed by atoms with E-state index in [-0.39, 0.29) is 22.4 Å². The van der Waals surface area contributed by atoms with Crippen LogP contribution in [0.3, 0.4) is 0 Å². The standard InChI is InChI=1S/C22H18F2N5O4P/c1-34(32,33)15-6-3-13(4-7-15)19(16-8-5-14(23)11-18(16)24)27-20(30)17-12-25-22(28-21(17)31)29-10-2-9-26-29/h2-12,19H,1H3,(H,27,30)(H,32,33)(H,25,28,31)/t19-/m1/s1. The fourth-order valence-corrected chi connectivity index (χ4v) is 3.99. The maximum Gasteiger partial charge on any atom is 0.265 e. The van der Waals surface area contributed by atoms with Crippen LogP contribution in [-0.4, -0.2) is 37.2 Å². The van der Waals surface area contributed by atoms with Gasteiger partial charge in [-0.15, -0.1) is 0 Å². The first-order valence-electron chi connectivity index (χ1n) is 9.89. The molecule has 0 radical (unpaired) electrons. The number of hydrogen-bond donors (Lipinski definition) is 3. The number of halogens is 2.